The molecule has 1 aliphatic carbocycles. The van der Waals surface area contributed by atoms with E-state index in [0.717, 1.165) is 41.3 Å². The molecule has 4 aromatic rings. The summed E-state index contributed by atoms with van der Waals surface area (Å²) in [6, 6.07) is 10.4. The first-order valence-corrected chi connectivity index (χ1v) is 11.2. The molecule has 34 heavy (non-hydrogen) atoms. The molecule has 0 bridgehead atoms. The van der Waals surface area contributed by atoms with E-state index in [4.69, 9.17) is 21.3 Å². The summed E-state index contributed by atoms with van der Waals surface area (Å²) in [5.74, 6) is 1.93. The Hall–Kier alpha value is -3.72. The quantitative estimate of drug-likeness (QED) is 0.401. The first-order chi connectivity index (χ1) is 16.5. The average Bonchev–Trinajstić information content (AvgIpc) is 3.45. The SMILES string of the molecule is CNc1nc(Nc2ccc(-n3cnc(C)n3)c(OC)c2)nc2c1CC[C@H]2c1ccc(Cl)cc1F. The minimum atomic E-state index is -0.326. The van der Waals surface area contributed by atoms with E-state index in [2.05, 4.69) is 25.7 Å². The molecule has 0 saturated carbocycles. The van der Waals surface area contributed by atoms with Gasteiger partial charge in [0.05, 0.1) is 12.8 Å². The van der Waals surface area contributed by atoms with E-state index >= 15 is 0 Å². The molecule has 2 N–H and O–H groups in total. The van der Waals surface area contributed by atoms with Crippen LogP contribution in [-0.4, -0.2) is 38.9 Å². The molecular formula is C24H23ClFN7O. The van der Waals surface area contributed by atoms with Gasteiger partial charge in [0.2, 0.25) is 5.95 Å². The minimum Gasteiger partial charge on any atom is -0.494 e. The molecule has 0 saturated heterocycles. The summed E-state index contributed by atoms with van der Waals surface area (Å²) >= 11 is 5.96. The zero-order valence-electron chi connectivity index (χ0n) is 18.9. The second kappa shape index (κ2) is 8.90. The van der Waals surface area contributed by atoms with Crippen molar-refractivity contribution in [3.63, 3.8) is 0 Å². The molecule has 2 aromatic carbocycles. The smallest absolute Gasteiger partial charge is 0.229 e. The third-order valence-electron chi connectivity index (χ3n) is 5.92. The third kappa shape index (κ3) is 4.03. The number of aryl methyl sites for hydroxylation is 1. The predicted molar refractivity (Wildman–Crippen MR) is 129 cm³/mol. The molecule has 1 atom stereocenters. The second-order valence-electron chi connectivity index (χ2n) is 8.01. The molecule has 2 heterocycles. The molecule has 0 unspecified atom stereocenters. The second-order valence-corrected chi connectivity index (χ2v) is 8.45. The summed E-state index contributed by atoms with van der Waals surface area (Å²) in [6.45, 7) is 1.83. The van der Waals surface area contributed by atoms with E-state index in [0.29, 0.717) is 28.1 Å². The Bertz CT molecular complexity index is 1370. The summed E-state index contributed by atoms with van der Waals surface area (Å²) in [6.07, 6.45) is 3.15. The molecule has 0 fully saturated rings. The van der Waals surface area contributed by atoms with Crippen molar-refractivity contribution in [1.82, 2.24) is 24.7 Å². The topological polar surface area (TPSA) is 89.8 Å². The molecule has 0 radical (unpaired) electrons. The van der Waals surface area contributed by atoms with Crippen LogP contribution in [-0.2, 0) is 6.42 Å². The number of hydrogen-bond donors (Lipinski definition) is 2. The maximum atomic E-state index is 14.7. The lowest BCUT2D eigenvalue weighted by Gasteiger charge is -2.16. The van der Waals surface area contributed by atoms with Gasteiger partial charge in [-0.1, -0.05) is 17.7 Å². The van der Waals surface area contributed by atoms with Crippen molar-refractivity contribution in [2.24, 2.45) is 0 Å². The minimum absolute atomic E-state index is 0.171. The van der Waals surface area contributed by atoms with Crippen LogP contribution in [0, 0.1) is 12.7 Å². The van der Waals surface area contributed by atoms with Crippen molar-refractivity contribution in [3.8, 4) is 11.4 Å². The maximum absolute atomic E-state index is 14.7. The molecule has 0 spiro atoms. The number of ether oxygens (including phenoxy) is 1. The third-order valence-corrected chi connectivity index (χ3v) is 6.15. The zero-order valence-corrected chi connectivity index (χ0v) is 19.7. The lowest BCUT2D eigenvalue weighted by molar-refractivity contribution is 0.412. The van der Waals surface area contributed by atoms with Crippen molar-refractivity contribution in [1.29, 1.82) is 0 Å². The monoisotopic (exact) mass is 479 g/mol. The average molecular weight is 480 g/mol. The number of aromatic nitrogens is 5. The highest BCUT2D eigenvalue weighted by molar-refractivity contribution is 6.30. The maximum Gasteiger partial charge on any atom is 0.229 e. The van der Waals surface area contributed by atoms with Crippen LogP contribution in [0.15, 0.2) is 42.7 Å². The Balaban J connectivity index is 1.50. The highest BCUT2D eigenvalue weighted by Gasteiger charge is 2.31. The van der Waals surface area contributed by atoms with Gasteiger partial charge in [0, 0.05) is 35.3 Å². The lowest BCUT2D eigenvalue weighted by Crippen LogP contribution is -2.09. The first-order valence-electron chi connectivity index (χ1n) is 10.8. The molecule has 2 aromatic heterocycles. The van der Waals surface area contributed by atoms with Crippen molar-refractivity contribution in [3.05, 3.63) is 76.2 Å². The normalized spacial score (nSPS) is 14.7. The first kappa shape index (κ1) is 22.1. The van der Waals surface area contributed by atoms with Crippen LogP contribution in [0.3, 0.4) is 0 Å². The fraction of sp³-hybridized carbons (Fsp3) is 0.250. The Morgan fingerprint density at radius 1 is 1.18 bits per heavy atom. The Labute approximate surface area is 201 Å². The van der Waals surface area contributed by atoms with Gasteiger partial charge in [-0.15, -0.1) is 0 Å². The number of rotatable bonds is 6. The number of nitrogens with zero attached hydrogens (tertiary/aromatic N) is 5. The van der Waals surface area contributed by atoms with E-state index in [9.17, 15) is 4.39 Å². The molecule has 8 nitrogen and oxygen atoms in total. The van der Waals surface area contributed by atoms with Crippen LogP contribution in [0.5, 0.6) is 5.75 Å². The van der Waals surface area contributed by atoms with Crippen LogP contribution in [0.25, 0.3) is 5.69 Å². The van der Waals surface area contributed by atoms with E-state index in [1.54, 1.807) is 30.3 Å². The van der Waals surface area contributed by atoms with Crippen molar-refractivity contribution < 1.29 is 9.13 Å². The Kier molecular flexibility index (Phi) is 5.79. The molecule has 1 aliphatic rings. The standard InChI is InChI=1S/C24H23ClFN7O/c1-13-28-12-33(32-13)20-9-5-15(11-21(20)34-3)29-24-30-22-17(7-8-18(22)23(27-2)31-24)16-6-4-14(25)10-19(16)26/h4-6,9-12,17H,7-8H2,1-3H3,(H2,27,29,30,31)/t17-/m0/s1. The number of fused-ring (bicyclic) bond motifs is 1. The number of halogens is 2. The highest BCUT2D eigenvalue weighted by Crippen LogP contribution is 2.41. The summed E-state index contributed by atoms with van der Waals surface area (Å²) < 4.78 is 21.9. The Morgan fingerprint density at radius 3 is 2.74 bits per heavy atom. The summed E-state index contributed by atoms with van der Waals surface area (Å²) in [5.41, 5.74) is 3.90. The molecule has 10 heteroatoms. The van der Waals surface area contributed by atoms with Gasteiger partial charge in [0.1, 0.15) is 35.2 Å². The van der Waals surface area contributed by atoms with Crippen molar-refractivity contribution in [2.45, 2.75) is 25.7 Å². The number of anilines is 3. The van der Waals surface area contributed by atoms with Gasteiger partial charge >= 0.3 is 0 Å². The van der Waals surface area contributed by atoms with Crippen LogP contribution in [0.2, 0.25) is 5.02 Å². The fourth-order valence-corrected chi connectivity index (χ4v) is 4.51. The van der Waals surface area contributed by atoms with Crippen LogP contribution in [0.4, 0.5) is 21.8 Å². The number of nitrogens with one attached hydrogen (secondary N) is 2. The number of hydrogen-bond acceptors (Lipinski definition) is 7. The van der Waals surface area contributed by atoms with Crippen LogP contribution < -0.4 is 15.4 Å². The number of benzene rings is 2. The molecule has 0 aliphatic heterocycles. The van der Waals surface area contributed by atoms with Gasteiger partial charge in [-0.2, -0.15) is 10.1 Å². The van der Waals surface area contributed by atoms with Gasteiger partial charge < -0.3 is 15.4 Å². The van der Waals surface area contributed by atoms with Crippen molar-refractivity contribution in [2.75, 3.05) is 24.8 Å². The molecule has 174 valence electrons. The van der Waals surface area contributed by atoms with Gasteiger partial charge in [-0.05, 0) is 49.6 Å². The Morgan fingerprint density at radius 2 is 2.03 bits per heavy atom. The lowest BCUT2D eigenvalue weighted by atomic mass is 9.96. The molecular weight excluding hydrogens is 457 g/mol. The molecule has 0 amide bonds. The summed E-state index contributed by atoms with van der Waals surface area (Å²) in [7, 11) is 3.42. The largest absolute Gasteiger partial charge is 0.494 e. The molecule has 5 rings (SSSR count). The number of methoxy groups -OCH3 is 1. The summed E-state index contributed by atoms with van der Waals surface area (Å²) in [4.78, 5) is 13.6. The zero-order chi connectivity index (χ0) is 23.8. The van der Waals surface area contributed by atoms with Gasteiger partial charge in [0.25, 0.3) is 0 Å². The highest BCUT2D eigenvalue weighted by atomic mass is 35.5. The predicted octanol–water partition coefficient (Wildman–Crippen LogP) is 5.03. The summed E-state index contributed by atoms with van der Waals surface area (Å²) in [5, 5.41) is 11.1. The van der Waals surface area contributed by atoms with Crippen LogP contribution >= 0.6 is 11.6 Å². The van der Waals surface area contributed by atoms with Gasteiger partial charge in [-0.25, -0.2) is 19.0 Å². The van der Waals surface area contributed by atoms with Crippen LogP contribution in [0.1, 0.15) is 35.0 Å². The van der Waals surface area contributed by atoms with E-state index in [1.165, 1.54) is 6.07 Å². The van der Waals surface area contributed by atoms with E-state index in [1.807, 2.05) is 32.2 Å². The van der Waals surface area contributed by atoms with Gasteiger partial charge in [-0.3, -0.25) is 0 Å². The van der Waals surface area contributed by atoms with E-state index in [-0.39, 0.29) is 11.7 Å². The van der Waals surface area contributed by atoms with Crippen molar-refractivity contribution >= 4 is 29.1 Å². The fourth-order valence-electron chi connectivity index (χ4n) is 4.35. The van der Waals surface area contributed by atoms with Gasteiger partial charge in [0.15, 0.2) is 0 Å². The van der Waals surface area contributed by atoms with E-state index < -0.39 is 0 Å².